The predicted molar refractivity (Wildman–Crippen MR) is 65.5 cm³/mol. The monoisotopic (exact) mass is 230 g/mol. The van der Waals surface area contributed by atoms with E-state index < -0.39 is 0 Å². The van der Waals surface area contributed by atoms with Crippen LogP contribution in [0.2, 0.25) is 0 Å². The predicted octanol–water partition coefficient (Wildman–Crippen LogP) is 0.709. The Bertz CT molecular complexity index is 197. The zero-order chi connectivity index (χ0) is 12.0. The van der Waals surface area contributed by atoms with Gasteiger partial charge < -0.3 is 15.2 Å². The summed E-state index contributed by atoms with van der Waals surface area (Å²) in [6.07, 6.45) is 2.69. The summed E-state index contributed by atoms with van der Waals surface area (Å²) in [7, 11) is 3.79. The van der Waals surface area contributed by atoms with Crippen LogP contribution in [0, 0.1) is 5.92 Å². The van der Waals surface area contributed by atoms with Gasteiger partial charge in [-0.05, 0) is 32.7 Å². The fourth-order valence-corrected chi connectivity index (χ4v) is 1.64. The molecule has 0 radical (unpaired) electrons. The summed E-state index contributed by atoms with van der Waals surface area (Å²) in [4.78, 5) is 2.23. The van der Waals surface area contributed by atoms with Crippen LogP contribution in [0.1, 0.15) is 19.8 Å². The Morgan fingerprint density at radius 1 is 1.44 bits per heavy atom. The Morgan fingerprint density at radius 2 is 2.12 bits per heavy atom. The van der Waals surface area contributed by atoms with Gasteiger partial charge in [0.25, 0.3) is 0 Å². The van der Waals surface area contributed by atoms with Gasteiger partial charge in [0.1, 0.15) is 0 Å². The van der Waals surface area contributed by atoms with E-state index in [1.807, 2.05) is 0 Å². The molecular formula is C12H26N2O2. The van der Waals surface area contributed by atoms with Gasteiger partial charge in [0.05, 0.1) is 18.8 Å². The van der Waals surface area contributed by atoms with Crippen LogP contribution in [-0.2, 0) is 9.47 Å². The topological polar surface area (TPSA) is 47.7 Å². The Balaban J connectivity index is 2.16. The number of ether oxygens (including phenoxy) is 2. The molecule has 1 unspecified atom stereocenters. The van der Waals surface area contributed by atoms with Crippen molar-refractivity contribution in [2.24, 2.45) is 11.7 Å². The highest BCUT2D eigenvalue weighted by molar-refractivity contribution is 4.85. The third-order valence-electron chi connectivity index (χ3n) is 3.44. The van der Waals surface area contributed by atoms with Crippen molar-refractivity contribution in [1.82, 2.24) is 4.90 Å². The first-order valence-electron chi connectivity index (χ1n) is 6.10. The van der Waals surface area contributed by atoms with Crippen LogP contribution in [0.15, 0.2) is 0 Å². The lowest BCUT2D eigenvalue weighted by molar-refractivity contribution is 0.0202. The van der Waals surface area contributed by atoms with Crippen molar-refractivity contribution in [2.45, 2.75) is 25.3 Å². The van der Waals surface area contributed by atoms with Gasteiger partial charge >= 0.3 is 0 Å². The molecular weight excluding hydrogens is 204 g/mol. The van der Waals surface area contributed by atoms with Crippen molar-refractivity contribution in [3.8, 4) is 0 Å². The maximum Gasteiger partial charge on any atom is 0.0656 e. The minimum Gasteiger partial charge on any atom is -0.383 e. The van der Waals surface area contributed by atoms with Gasteiger partial charge in [-0.2, -0.15) is 0 Å². The molecule has 16 heavy (non-hydrogen) atoms. The lowest BCUT2D eigenvalue weighted by atomic mass is 10.0. The SMILES string of the molecule is COCC(C)(CN)N(C)CCOCC1CC1. The molecule has 0 bridgehead atoms. The number of nitrogens with zero attached hydrogens (tertiary/aromatic N) is 1. The number of hydrogen-bond acceptors (Lipinski definition) is 4. The molecule has 1 saturated carbocycles. The van der Waals surface area contributed by atoms with Crippen LogP contribution in [0.3, 0.4) is 0 Å². The first-order valence-corrected chi connectivity index (χ1v) is 6.10. The summed E-state index contributed by atoms with van der Waals surface area (Å²) < 4.78 is 10.8. The van der Waals surface area contributed by atoms with Crippen molar-refractivity contribution in [3.05, 3.63) is 0 Å². The highest BCUT2D eigenvalue weighted by atomic mass is 16.5. The van der Waals surface area contributed by atoms with Crippen LogP contribution in [0.4, 0.5) is 0 Å². The summed E-state index contributed by atoms with van der Waals surface area (Å²) in [6, 6.07) is 0. The first kappa shape index (κ1) is 13.9. The first-order chi connectivity index (χ1) is 7.62. The molecule has 0 aromatic carbocycles. The van der Waals surface area contributed by atoms with E-state index in [9.17, 15) is 0 Å². The van der Waals surface area contributed by atoms with E-state index in [2.05, 4.69) is 18.9 Å². The van der Waals surface area contributed by atoms with E-state index in [0.717, 1.165) is 25.7 Å². The van der Waals surface area contributed by atoms with Gasteiger partial charge in [0.2, 0.25) is 0 Å². The quantitative estimate of drug-likeness (QED) is 0.593. The number of nitrogens with two attached hydrogens (primary N) is 1. The molecule has 96 valence electrons. The smallest absolute Gasteiger partial charge is 0.0656 e. The molecule has 2 N–H and O–H groups in total. The maximum absolute atomic E-state index is 5.79. The minimum atomic E-state index is -0.0856. The van der Waals surface area contributed by atoms with Gasteiger partial charge in [0.15, 0.2) is 0 Å². The van der Waals surface area contributed by atoms with Gasteiger partial charge in [-0.1, -0.05) is 0 Å². The van der Waals surface area contributed by atoms with E-state index in [1.165, 1.54) is 12.8 Å². The molecule has 0 aromatic rings. The molecule has 0 saturated heterocycles. The highest BCUT2D eigenvalue weighted by Gasteiger charge is 2.27. The maximum atomic E-state index is 5.79. The zero-order valence-corrected chi connectivity index (χ0v) is 10.9. The summed E-state index contributed by atoms with van der Waals surface area (Å²) >= 11 is 0. The normalized spacial score (nSPS) is 20.1. The van der Waals surface area contributed by atoms with Crippen LogP contribution >= 0.6 is 0 Å². The summed E-state index contributed by atoms with van der Waals surface area (Å²) in [5.41, 5.74) is 5.71. The average Bonchev–Trinajstić information content (AvgIpc) is 3.08. The van der Waals surface area contributed by atoms with E-state index in [-0.39, 0.29) is 5.54 Å². The van der Waals surface area contributed by atoms with Crippen molar-refractivity contribution < 1.29 is 9.47 Å². The molecule has 0 aliphatic heterocycles. The van der Waals surface area contributed by atoms with Gasteiger partial charge in [0, 0.05) is 26.8 Å². The molecule has 1 atom stereocenters. The zero-order valence-electron chi connectivity index (χ0n) is 10.9. The molecule has 4 nitrogen and oxygen atoms in total. The van der Waals surface area contributed by atoms with E-state index in [0.29, 0.717) is 13.2 Å². The summed E-state index contributed by atoms with van der Waals surface area (Å²) in [5, 5.41) is 0. The van der Waals surface area contributed by atoms with Crippen LogP contribution in [0.25, 0.3) is 0 Å². The third kappa shape index (κ3) is 4.37. The second kappa shape index (κ2) is 6.55. The third-order valence-corrected chi connectivity index (χ3v) is 3.44. The second-order valence-electron chi connectivity index (χ2n) is 5.07. The Hall–Kier alpha value is -0.160. The van der Waals surface area contributed by atoms with Crippen LogP contribution < -0.4 is 5.73 Å². The molecule has 1 aliphatic carbocycles. The second-order valence-corrected chi connectivity index (χ2v) is 5.07. The number of rotatable bonds is 9. The molecule has 0 heterocycles. The van der Waals surface area contributed by atoms with Gasteiger partial charge in [-0.15, -0.1) is 0 Å². The van der Waals surface area contributed by atoms with E-state index >= 15 is 0 Å². The molecule has 4 heteroatoms. The van der Waals surface area contributed by atoms with Crippen LogP contribution in [-0.4, -0.2) is 57.5 Å². The molecule has 1 fully saturated rings. The summed E-state index contributed by atoms with van der Waals surface area (Å²) in [6.45, 7) is 5.99. The minimum absolute atomic E-state index is 0.0856. The van der Waals surface area contributed by atoms with Crippen molar-refractivity contribution in [1.29, 1.82) is 0 Å². The molecule has 1 rings (SSSR count). The fraction of sp³-hybridized carbons (Fsp3) is 1.00. The average molecular weight is 230 g/mol. The number of likely N-dealkylation sites (N-methyl/N-ethyl adjacent to an activating group) is 1. The van der Waals surface area contributed by atoms with E-state index in [1.54, 1.807) is 7.11 Å². The lowest BCUT2D eigenvalue weighted by Crippen LogP contribution is -2.53. The standard InChI is InChI=1S/C12H26N2O2/c1-12(9-13,10-15-3)14(2)6-7-16-8-11-4-5-11/h11H,4-10,13H2,1-3H3. The molecule has 1 aliphatic rings. The molecule has 0 aromatic heterocycles. The summed E-state index contributed by atoms with van der Waals surface area (Å²) in [5.74, 6) is 0.838. The molecule has 0 amide bonds. The Morgan fingerprint density at radius 3 is 2.62 bits per heavy atom. The number of hydrogen-bond donors (Lipinski definition) is 1. The van der Waals surface area contributed by atoms with E-state index in [4.69, 9.17) is 15.2 Å². The highest BCUT2D eigenvalue weighted by Crippen LogP contribution is 2.28. The Labute approximate surface area is 99.1 Å². The lowest BCUT2D eigenvalue weighted by Gasteiger charge is -2.37. The van der Waals surface area contributed by atoms with Gasteiger partial charge in [-0.3, -0.25) is 4.90 Å². The largest absolute Gasteiger partial charge is 0.383 e. The van der Waals surface area contributed by atoms with Crippen molar-refractivity contribution >= 4 is 0 Å². The van der Waals surface area contributed by atoms with Crippen LogP contribution in [0.5, 0.6) is 0 Å². The molecule has 0 spiro atoms. The van der Waals surface area contributed by atoms with Crippen molar-refractivity contribution in [2.75, 3.05) is 47.1 Å². The Kier molecular flexibility index (Phi) is 5.69. The number of methoxy groups -OCH3 is 1. The van der Waals surface area contributed by atoms with Gasteiger partial charge in [-0.25, -0.2) is 0 Å². The fourth-order valence-electron chi connectivity index (χ4n) is 1.64. The van der Waals surface area contributed by atoms with Crippen molar-refractivity contribution in [3.63, 3.8) is 0 Å².